The number of nitrogens with one attached hydrogen (secondary N) is 1. The minimum atomic E-state index is -2.08. The van der Waals surface area contributed by atoms with E-state index >= 15 is 0 Å². The van der Waals surface area contributed by atoms with Gasteiger partial charge in [-0.2, -0.15) is 10.4 Å². The lowest BCUT2D eigenvalue weighted by atomic mass is 9.83. The van der Waals surface area contributed by atoms with Gasteiger partial charge in [0.1, 0.15) is 42.8 Å². The van der Waals surface area contributed by atoms with E-state index in [1.807, 2.05) is 6.07 Å². The Bertz CT molecular complexity index is 1410. The highest BCUT2D eigenvalue weighted by molar-refractivity contribution is 5.92. The van der Waals surface area contributed by atoms with Gasteiger partial charge in [-0.3, -0.25) is 14.9 Å². The standard InChI is InChI=1S/C29H39N7O7/c1-28(2,3)23(31)26(39)42-22-19(14-41-21(37)13-17-7-6-8-17)43-29(15-30,24(22)38)20-10-9-18-25(32-16-33-36(18)20)34-27(40)35-11-4-5-12-35/h9-10,16-17,19,22-24,38H,4-8,11-14,31H2,1-3H3,(H,32,33,34,40)/t19-,22-,23-,24-,29+/m1/s1. The van der Waals surface area contributed by atoms with Crippen LogP contribution in [0.4, 0.5) is 10.6 Å². The van der Waals surface area contributed by atoms with Crippen molar-refractivity contribution in [3.05, 3.63) is 24.2 Å². The maximum atomic E-state index is 13.0. The van der Waals surface area contributed by atoms with E-state index in [1.165, 1.54) is 16.9 Å². The van der Waals surface area contributed by atoms with E-state index in [0.717, 1.165) is 32.1 Å². The second-order valence-corrected chi connectivity index (χ2v) is 12.6. The van der Waals surface area contributed by atoms with E-state index in [2.05, 4.69) is 15.4 Å². The van der Waals surface area contributed by atoms with Gasteiger partial charge in [-0.15, -0.1) is 0 Å². The van der Waals surface area contributed by atoms with Crippen molar-refractivity contribution in [3.8, 4) is 6.07 Å². The summed E-state index contributed by atoms with van der Waals surface area (Å²) >= 11 is 0. The molecular weight excluding hydrogens is 558 g/mol. The number of esters is 2. The molecule has 14 heteroatoms. The molecule has 2 aromatic heterocycles. The number of aliphatic hydroxyl groups excluding tert-OH is 1. The Kier molecular flexibility index (Phi) is 8.60. The quantitative estimate of drug-likeness (QED) is 0.376. The van der Waals surface area contributed by atoms with Crippen LogP contribution in [0.5, 0.6) is 0 Å². The Hall–Kier alpha value is -3.80. The lowest BCUT2D eigenvalue weighted by molar-refractivity contribution is -0.163. The fourth-order valence-corrected chi connectivity index (χ4v) is 5.58. The molecule has 3 aliphatic rings. The smallest absolute Gasteiger partial charge is 0.323 e. The SMILES string of the molecule is CC(C)(C)[C@H](N)C(=O)O[C@H]1[C@@H](O)[C@](C#N)(c2ccc3c(NC(=O)N4CCCC4)ncnn23)O[C@@H]1COC(=O)CC1CCC1. The van der Waals surface area contributed by atoms with Crippen LogP contribution in [0.1, 0.15) is 65.0 Å². The predicted octanol–water partition coefficient (Wildman–Crippen LogP) is 1.85. The summed E-state index contributed by atoms with van der Waals surface area (Å²) in [6.45, 7) is 6.24. The summed E-state index contributed by atoms with van der Waals surface area (Å²) in [5.41, 5.74) is 3.86. The number of rotatable bonds is 8. The second-order valence-electron chi connectivity index (χ2n) is 12.6. The van der Waals surface area contributed by atoms with Gasteiger partial charge in [0.15, 0.2) is 11.9 Å². The number of anilines is 1. The van der Waals surface area contributed by atoms with Crippen LogP contribution in [-0.2, 0) is 29.4 Å². The molecule has 0 unspecified atom stereocenters. The summed E-state index contributed by atoms with van der Waals surface area (Å²) in [7, 11) is 0. The number of carbonyl (C=O) groups is 3. The fourth-order valence-electron chi connectivity index (χ4n) is 5.58. The van der Waals surface area contributed by atoms with Crippen LogP contribution in [-0.4, -0.2) is 86.6 Å². The predicted molar refractivity (Wildman–Crippen MR) is 151 cm³/mol. The zero-order valence-corrected chi connectivity index (χ0v) is 24.7. The molecule has 2 aliphatic heterocycles. The third-order valence-electron chi connectivity index (χ3n) is 8.58. The average molecular weight is 598 g/mol. The number of hydrogen-bond donors (Lipinski definition) is 3. The number of nitrogens with zero attached hydrogens (tertiary/aromatic N) is 5. The van der Waals surface area contributed by atoms with Gasteiger partial charge in [-0.05, 0) is 49.1 Å². The summed E-state index contributed by atoms with van der Waals surface area (Å²) in [5, 5.41) is 29.1. The monoisotopic (exact) mass is 597 g/mol. The molecule has 2 amide bonds. The Balaban J connectivity index is 1.43. The number of likely N-dealkylation sites (tertiary alicyclic amines) is 1. The maximum Gasteiger partial charge on any atom is 0.323 e. The lowest BCUT2D eigenvalue weighted by Gasteiger charge is -2.29. The van der Waals surface area contributed by atoms with Gasteiger partial charge >= 0.3 is 18.0 Å². The van der Waals surface area contributed by atoms with Crippen molar-refractivity contribution in [2.24, 2.45) is 17.1 Å². The van der Waals surface area contributed by atoms with E-state index in [9.17, 15) is 24.8 Å². The Morgan fingerprint density at radius 1 is 1.26 bits per heavy atom. The van der Waals surface area contributed by atoms with Gasteiger partial charge in [-0.25, -0.2) is 14.3 Å². The van der Waals surface area contributed by atoms with Gasteiger partial charge in [0.2, 0.25) is 5.60 Å². The fraction of sp³-hybridized carbons (Fsp3) is 0.655. The minimum Gasteiger partial charge on any atom is -0.463 e. The number of nitriles is 1. The summed E-state index contributed by atoms with van der Waals surface area (Å²) in [6, 6.07) is 3.81. The first-order chi connectivity index (χ1) is 20.4. The minimum absolute atomic E-state index is 0.112. The van der Waals surface area contributed by atoms with Crippen molar-refractivity contribution in [3.63, 3.8) is 0 Å². The van der Waals surface area contributed by atoms with Crippen molar-refractivity contribution in [2.45, 2.75) is 89.3 Å². The zero-order chi connectivity index (χ0) is 30.9. The van der Waals surface area contributed by atoms with Gasteiger partial charge in [0.25, 0.3) is 0 Å². The Morgan fingerprint density at radius 3 is 2.60 bits per heavy atom. The van der Waals surface area contributed by atoms with Crippen LogP contribution >= 0.6 is 0 Å². The van der Waals surface area contributed by atoms with Crippen molar-refractivity contribution in [2.75, 3.05) is 25.0 Å². The summed E-state index contributed by atoms with van der Waals surface area (Å²) < 4.78 is 18.7. The summed E-state index contributed by atoms with van der Waals surface area (Å²) in [5.74, 6) is -0.757. The normalized spacial score (nSPS) is 26.5. The number of hydrogen-bond acceptors (Lipinski definition) is 11. The molecule has 232 valence electrons. The molecule has 2 aromatic rings. The number of ether oxygens (including phenoxy) is 3. The first-order valence-corrected chi connectivity index (χ1v) is 14.7. The number of fused-ring (bicyclic) bond motifs is 1. The molecule has 5 rings (SSSR count). The highest BCUT2D eigenvalue weighted by Gasteiger charge is 2.60. The van der Waals surface area contributed by atoms with Crippen molar-refractivity contribution < 1.29 is 33.7 Å². The number of aliphatic hydroxyl groups is 1. The molecular formula is C29H39N7O7. The van der Waals surface area contributed by atoms with E-state index in [0.29, 0.717) is 18.6 Å². The zero-order valence-electron chi connectivity index (χ0n) is 24.7. The van der Waals surface area contributed by atoms with Crippen LogP contribution in [0, 0.1) is 22.7 Å². The molecule has 2 saturated heterocycles. The molecule has 4 N–H and O–H groups in total. The number of carbonyl (C=O) groups excluding carboxylic acids is 3. The average Bonchev–Trinajstić information content (AvgIpc) is 3.69. The number of nitrogens with two attached hydrogens (primary N) is 1. The first-order valence-electron chi connectivity index (χ1n) is 14.7. The molecule has 0 radical (unpaired) electrons. The van der Waals surface area contributed by atoms with E-state index in [4.69, 9.17) is 19.9 Å². The Labute approximate surface area is 249 Å². The van der Waals surface area contributed by atoms with Crippen molar-refractivity contribution in [1.82, 2.24) is 19.5 Å². The summed E-state index contributed by atoms with van der Waals surface area (Å²) in [4.78, 5) is 44.2. The van der Waals surface area contributed by atoms with Crippen LogP contribution in [0.2, 0.25) is 0 Å². The third-order valence-corrected chi connectivity index (χ3v) is 8.58. The molecule has 0 bridgehead atoms. The molecule has 3 fully saturated rings. The van der Waals surface area contributed by atoms with Crippen LogP contribution in [0.25, 0.3) is 5.52 Å². The van der Waals surface area contributed by atoms with Gasteiger partial charge in [0.05, 0.1) is 5.69 Å². The number of aromatic nitrogens is 3. The van der Waals surface area contributed by atoms with Gasteiger partial charge < -0.3 is 30.0 Å². The van der Waals surface area contributed by atoms with E-state index < -0.39 is 47.3 Å². The highest BCUT2D eigenvalue weighted by atomic mass is 16.6. The molecule has 4 heterocycles. The van der Waals surface area contributed by atoms with Crippen LogP contribution in [0.15, 0.2) is 18.5 Å². The molecule has 14 nitrogen and oxygen atoms in total. The summed E-state index contributed by atoms with van der Waals surface area (Å²) in [6.07, 6.45) is 2.02. The highest BCUT2D eigenvalue weighted by Crippen LogP contribution is 2.42. The van der Waals surface area contributed by atoms with Crippen molar-refractivity contribution >= 4 is 29.3 Å². The molecule has 1 saturated carbocycles. The van der Waals surface area contributed by atoms with Gasteiger partial charge in [0, 0.05) is 19.5 Å². The van der Waals surface area contributed by atoms with Gasteiger partial charge in [-0.1, -0.05) is 27.2 Å². The van der Waals surface area contributed by atoms with Crippen LogP contribution in [0.3, 0.4) is 0 Å². The Morgan fingerprint density at radius 2 is 1.98 bits per heavy atom. The van der Waals surface area contributed by atoms with E-state index in [1.54, 1.807) is 31.7 Å². The van der Waals surface area contributed by atoms with Crippen molar-refractivity contribution in [1.29, 1.82) is 5.26 Å². The van der Waals surface area contributed by atoms with E-state index in [-0.39, 0.29) is 36.5 Å². The number of amides is 2. The molecule has 5 atom stereocenters. The lowest BCUT2D eigenvalue weighted by Crippen LogP contribution is -2.49. The second kappa shape index (κ2) is 12.1. The first kappa shape index (κ1) is 30.7. The topological polar surface area (TPSA) is 194 Å². The number of urea groups is 1. The molecule has 1 aliphatic carbocycles. The molecule has 0 spiro atoms. The molecule has 0 aromatic carbocycles. The third kappa shape index (κ3) is 6.02. The largest absolute Gasteiger partial charge is 0.463 e. The maximum absolute atomic E-state index is 13.0. The molecule has 43 heavy (non-hydrogen) atoms. The van der Waals surface area contributed by atoms with Crippen LogP contribution < -0.4 is 11.1 Å².